The minimum atomic E-state index is -1.61. The molecule has 0 radical (unpaired) electrons. The molecule has 0 spiro atoms. The molecule has 0 saturated heterocycles. The maximum Gasteiger partial charge on any atom is 0.279 e. The van der Waals surface area contributed by atoms with Crippen LogP contribution in [0.15, 0.2) is 89.9 Å². The topological polar surface area (TPSA) is 41.8 Å². The van der Waals surface area contributed by atoms with Gasteiger partial charge in [-0.25, -0.2) is 4.99 Å². The van der Waals surface area contributed by atoms with Crippen LogP contribution in [0.1, 0.15) is 11.1 Å². The summed E-state index contributed by atoms with van der Waals surface area (Å²) in [6.07, 6.45) is 0. The van der Waals surface area contributed by atoms with Crippen LogP contribution in [0.5, 0.6) is 5.75 Å². The summed E-state index contributed by atoms with van der Waals surface area (Å²) in [6, 6.07) is 26.4. The van der Waals surface area contributed by atoms with E-state index in [0.29, 0.717) is 22.7 Å². The van der Waals surface area contributed by atoms with Crippen LogP contribution in [0.3, 0.4) is 0 Å². The second kappa shape index (κ2) is 5.38. The number of aliphatic imine (C=N–C) groups is 1. The lowest BCUT2D eigenvalue weighted by Gasteiger charge is -2.34. The van der Waals surface area contributed by atoms with Gasteiger partial charge in [0.25, 0.3) is 5.79 Å². The second-order valence-electron chi connectivity index (χ2n) is 5.41. The zero-order chi connectivity index (χ0) is 15.7. The molecule has 1 N–H and O–H groups in total. The van der Waals surface area contributed by atoms with Crippen LogP contribution < -0.4 is 4.74 Å². The third kappa shape index (κ3) is 2.31. The molecule has 1 aliphatic heterocycles. The van der Waals surface area contributed by atoms with Crippen molar-refractivity contribution in [3.8, 4) is 5.75 Å². The highest BCUT2D eigenvalue weighted by Crippen LogP contribution is 2.40. The molecular weight excluding hydrogens is 286 g/mol. The molecule has 0 aliphatic carbocycles. The Kier molecular flexibility index (Phi) is 3.21. The van der Waals surface area contributed by atoms with E-state index in [2.05, 4.69) is 4.99 Å². The molecule has 3 heteroatoms. The van der Waals surface area contributed by atoms with Crippen LogP contribution >= 0.6 is 0 Å². The van der Waals surface area contributed by atoms with Crippen molar-refractivity contribution in [2.24, 2.45) is 4.99 Å². The number of rotatable bonds is 2. The van der Waals surface area contributed by atoms with Gasteiger partial charge in [-0.1, -0.05) is 72.8 Å². The Morgan fingerprint density at radius 3 is 2.09 bits per heavy atom. The van der Waals surface area contributed by atoms with Crippen LogP contribution in [-0.2, 0) is 5.79 Å². The first kappa shape index (κ1) is 13.7. The first-order valence-corrected chi connectivity index (χ1v) is 7.48. The van der Waals surface area contributed by atoms with Gasteiger partial charge in [-0.3, -0.25) is 0 Å². The standard InChI is InChI=1S/C20H15NO2/c22-20(16-11-5-2-6-12-16)19(15-9-3-1-4-10-15)21-17-13-7-8-14-18(17)23-20/h1-14,22H/t20-/m1/s1. The van der Waals surface area contributed by atoms with E-state index in [9.17, 15) is 5.11 Å². The molecule has 0 fully saturated rings. The summed E-state index contributed by atoms with van der Waals surface area (Å²) < 4.78 is 6.00. The quantitative estimate of drug-likeness (QED) is 0.776. The Morgan fingerprint density at radius 1 is 0.739 bits per heavy atom. The summed E-state index contributed by atoms with van der Waals surface area (Å²) >= 11 is 0. The fourth-order valence-corrected chi connectivity index (χ4v) is 2.76. The van der Waals surface area contributed by atoms with Crippen molar-refractivity contribution in [1.29, 1.82) is 0 Å². The fraction of sp³-hybridized carbons (Fsp3) is 0.0500. The Labute approximate surface area is 134 Å². The summed E-state index contributed by atoms with van der Waals surface area (Å²) in [5.41, 5.74) is 2.68. The molecule has 3 aromatic rings. The monoisotopic (exact) mass is 301 g/mol. The highest BCUT2D eigenvalue weighted by atomic mass is 16.6. The van der Waals surface area contributed by atoms with Gasteiger partial charge in [-0.2, -0.15) is 0 Å². The molecule has 0 bridgehead atoms. The molecule has 112 valence electrons. The molecule has 3 aromatic carbocycles. The smallest absolute Gasteiger partial charge is 0.279 e. The Morgan fingerprint density at radius 2 is 1.35 bits per heavy atom. The first-order valence-electron chi connectivity index (χ1n) is 7.48. The van der Waals surface area contributed by atoms with Crippen LogP contribution in [0.25, 0.3) is 0 Å². The molecule has 1 atom stereocenters. The van der Waals surface area contributed by atoms with E-state index < -0.39 is 5.79 Å². The zero-order valence-corrected chi connectivity index (χ0v) is 12.4. The van der Waals surface area contributed by atoms with Crippen LogP contribution in [0, 0.1) is 0 Å². The van der Waals surface area contributed by atoms with Gasteiger partial charge in [-0.15, -0.1) is 0 Å². The molecule has 1 aliphatic rings. The first-order chi connectivity index (χ1) is 11.3. The van der Waals surface area contributed by atoms with Crippen LogP contribution in [0.4, 0.5) is 5.69 Å². The molecule has 0 saturated carbocycles. The van der Waals surface area contributed by atoms with Gasteiger partial charge in [0.2, 0.25) is 0 Å². The van der Waals surface area contributed by atoms with E-state index in [4.69, 9.17) is 4.74 Å². The van der Waals surface area contributed by atoms with Gasteiger partial charge < -0.3 is 9.84 Å². The minimum Gasteiger partial charge on any atom is -0.450 e. The number of hydrogen-bond acceptors (Lipinski definition) is 3. The normalized spacial score (nSPS) is 19.4. The summed E-state index contributed by atoms with van der Waals surface area (Å²) in [6.45, 7) is 0. The van der Waals surface area contributed by atoms with Gasteiger partial charge in [0, 0.05) is 11.1 Å². The number of benzene rings is 3. The van der Waals surface area contributed by atoms with Crippen molar-refractivity contribution in [3.05, 3.63) is 96.1 Å². The third-order valence-electron chi connectivity index (χ3n) is 3.89. The van der Waals surface area contributed by atoms with E-state index in [0.717, 1.165) is 5.56 Å². The van der Waals surface area contributed by atoms with Crippen molar-refractivity contribution >= 4 is 11.4 Å². The van der Waals surface area contributed by atoms with Gasteiger partial charge in [0.15, 0.2) is 0 Å². The number of para-hydroxylation sites is 2. The van der Waals surface area contributed by atoms with Gasteiger partial charge in [0.1, 0.15) is 17.1 Å². The Bertz CT molecular complexity index is 859. The van der Waals surface area contributed by atoms with Crippen molar-refractivity contribution in [2.75, 3.05) is 0 Å². The summed E-state index contributed by atoms with van der Waals surface area (Å²) in [7, 11) is 0. The van der Waals surface area contributed by atoms with E-state index in [1.165, 1.54) is 0 Å². The molecule has 0 unspecified atom stereocenters. The molecule has 23 heavy (non-hydrogen) atoms. The number of ether oxygens (including phenoxy) is 1. The lowest BCUT2D eigenvalue weighted by Crippen LogP contribution is -2.43. The van der Waals surface area contributed by atoms with E-state index >= 15 is 0 Å². The third-order valence-corrected chi connectivity index (χ3v) is 3.89. The highest BCUT2D eigenvalue weighted by Gasteiger charge is 2.42. The Balaban J connectivity index is 1.95. The summed E-state index contributed by atoms with van der Waals surface area (Å²) in [4.78, 5) is 4.69. The molecule has 0 aromatic heterocycles. The maximum atomic E-state index is 11.3. The van der Waals surface area contributed by atoms with Crippen molar-refractivity contribution in [3.63, 3.8) is 0 Å². The predicted octanol–water partition coefficient (Wildman–Crippen LogP) is 4.05. The molecule has 1 heterocycles. The molecule has 4 rings (SSSR count). The largest absolute Gasteiger partial charge is 0.450 e. The minimum absolute atomic E-state index is 0.489. The molecule has 3 nitrogen and oxygen atoms in total. The average molecular weight is 301 g/mol. The van der Waals surface area contributed by atoms with Crippen molar-refractivity contribution in [2.45, 2.75) is 5.79 Å². The average Bonchev–Trinajstić information content (AvgIpc) is 2.62. The van der Waals surface area contributed by atoms with E-state index in [1.807, 2.05) is 84.9 Å². The van der Waals surface area contributed by atoms with E-state index in [-0.39, 0.29) is 0 Å². The lowest BCUT2D eigenvalue weighted by molar-refractivity contribution is -0.0830. The van der Waals surface area contributed by atoms with Gasteiger partial charge >= 0.3 is 0 Å². The predicted molar refractivity (Wildman–Crippen MR) is 90.0 cm³/mol. The lowest BCUT2D eigenvalue weighted by atomic mass is 9.94. The zero-order valence-electron chi connectivity index (χ0n) is 12.4. The van der Waals surface area contributed by atoms with Crippen LogP contribution in [-0.4, -0.2) is 10.8 Å². The Hall–Kier alpha value is -2.91. The number of fused-ring (bicyclic) bond motifs is 1. The number of hydrogen-bond donors (Lipinski definition) is 1. The second-order valence-corrected chi connectivity index (χ2v) is 5.41. The van der Waals surface area contributed by atoms with Crippen molar-refractivity contribution in [1.82, 2.24) is 0 Å². The SMILES string of the molecule is O[C@]1(c2ccccc2)Oc2ccccc2N=C1c1ccccc1. The van der Waals surface area contributed by atoms with E-state index in [1.54, 1.807) is 0 Å². The number of aliphatic hydroxyl groups is 1. The molecular formula is C20H15NO2. The van der Waals surface area contributed by atoms with Gasteiger partial charge in [0.05, 0.1) is 0 Å². The fourth-order valence-electron chi connectivity index (χ4n) is 2.76. The van der Waals surface area contributed by atoms with Crippen LogP contribution in [0.2, 0.25) is 0 Å². The van der Waals surface area contributed by atoms with Gasteiger partial charge in [-0.05, 0) is 12.1 Å². The summed E-state index contributed by atoms with van der Waals surface area (Å²) in [5, 5.41) is 11.3. The maximum absolute atomic E-state index is 11.3. The molecule has 0 amide bonds. The van der Waals surface area contributed by atoms with Crippen molar-refractivity contribution < 1.29 is 9.84 Å². The highest BCUT2D eigenvalue weighted by molar-refractivity contribution is 6.08. The number of nitrogens with zero attached hydrogens (tertiary/aromatic N) is 1. The summed E-state index contributed by atoms with van der Waals surface area (Å²) in [5.74, 6) is -1.05.